The minimum atomic E-state index is 0.0755. The van der Waals surface area contributed by atoms with Gasteiger partial charge in [0, 0.05) is 48.9 Å². The fraction of sp³-hybridized carbons (Fsp3) is 0.333. The van der Waals surface area contributed by atoms with Crippen molar-refractivity contribution < 1.29 is 9.90 Å². The zero-order valence-corrected chi connectivity index (χ0v) is 13.5. The molecule has 1 amide bonds. The Hall–Kier alpha value is -1.91. The van der Waals surface area contributed by atoms with Crippen LogP contribution in [-0.2, 0) is 11.2 Å². The summed E-state index contributed by atoms with van der Waals surface area (Å²) in [7, 11) is 0. The first-order chi connectivity index (χ1) is 11.2. The number of carbonyl (C=O) groups is 1. The van der Waals surface area contributed by atoms with E-state index in [9.17, 15) is 9.90 Å². The molecule has 1 aliphatic rings. The number of aromatic nitrogens is 1. The van der Waals surface area contributed by atoms with Crippen LogP contribution in [0.5, 0.6) is 0 Å². The van der Waals surface area contributed by atoms with Gasteiger partial charge in [0.1, 0.15) is 0 Å². The van der Waals surface area contributed by atoms with Crippen molar-refractivity contribution in [2.75, 3.05) is 19.7 Å². The molecule has 1 aromatic carbocycles. The smallest absolute Gasteiger partial charge is 0.227 e. The average Bonchev–Trinajstić information content (AvgIpc) is 3.02. The van der Waals surface area contributed by atoms with Crippen LogP contribution in [0.4, 0.5) is 0 Å². The first-order valence-corrected chi connectivity index (χ1v) is 8.08. The van der Waals surface area contributed by atoms with Gasteiger partial charge >= 0.3 is 0 Å². The zero-order chi connectivity index (χ0) is 16.2. The molecule has 23 heavy (non-hydrogen) atoms. The van der Waals surface area contributed by atoms with E-state index in [1.54, 1.807) is 24.5 Å². The molecule has 2 aromatic rings. The molecular weight excluding hydrogens is 312 g/mol. The lowest BCUT2D eigenvalue weighted by Crippen LogP contribution is -2.30. The van der Waals surface area contributed by atoms with Gasteiger partial charge in [-0.3, -0.25) is 9.78 Å². The molecule has 0 unspecified atom stereocenters. The van der Waals surface area contributed by atoms with Crippen molar-refractivity contribution in [3.8, 4) is 0 Å². The van der Waals surface area contributed by atoms with E-state index >= 15 is 0 Å². The second-order valence-electron chi connectivity index (χ2n) is 5.93. The Balaban J connectivity index is 1.69. The van der Waals surface area contributed by atoms with E-state index in [-0.39, 0.29) is 24.3 Å². The third kappa shape index (κ3) is 3.71. The largest absolute Gasteiger partial charge is 0.396 e. The molecule has 0 spiro atoms. The van der Waals surface area contributed by atoms with Gasteiger partial charge in [0.25, 0.3) is 0 Å². The third-order valence-electron chi connectivity index (χ3n) is 4.43. The molecule has 5 heteroatoms. The molecule has 4 nitrogen and oxygen atoms in total. The maximum Gasteiger partial charge on any atom is 0.227 e. The lowest BCUT2D eigenvalue weighted by atomic mass is 9.90. The zero-order valence-electron chi connectivity index (χ0n) is 12.7. The number of aliphatic hydroxyl groups is 1. The lowest BCUT2D eigenvalue weighted by Gasteiger charge is -2.16. The standard InChI is InChI=1S/C18H19ClN2O2/c19-16-3-1-13(2-4-16)9-18(23)21-10-15(12-22)17(11-21)14-5-7-20-8-6-14/h1-8,15,17,22H,9-12H2/t15-,17-/m0/s1. The molecule has 0 aliphatic carbocycles. The van der Waals surface area contributed by atoms with Gasteiger partial charge in [0.2, 0.25) is 5.91 Å². The fourth-order valence-electron chi connectivity index (χ4n) is 3.14. The van der Waals surface area contributed by atoms with Crippen LogP contribution in [0.3, 0.4) is 0 Å². The molecule has 1 aromatic heterocycles. The Morgan fingerprint density at radius 3 is 2.52 bits per heavy atom. The number of halogens is 1. The summed E-state index contributed by atoms with van der Waals surface area (Å²) in [5.41, 5.74) is 2.08. The molecule has 1 aliphatic heterocycles. The Kier molecular flexibility index (Phi) is 4.94. The summed E-state index contributed by atoms with van der Waals surface area (Å²) in [4.78, 5) is 18.4. The number of hydrogen-bond donors (Lipinski definition) is 1. The number of nitrogens with zero attached hydrogens (tertiary/aromatic N) is 2. The maximum atomic E-state index is 12.5. The molecule has 3 rings (SSSR count). The fourth-order valence-corrected chi connectivity index (χ4v) is 3.26. The highest BCUT2D eigenvalue weighted by Gasteiger charge is 2.35. The van der Waals surface area contributed by atoms with Crippen LogP contribution >= 0.6 is 11.6 Å². The van der Waals surface area contributed by atoms with Crippen molar-refractivity contribution in [3.05, 3.63) is 64.9 Å². The van der Waals surface area contributed by atoms with Gasteiger partial charge in [-0.2, -0.15) is 0 Å². The molecule has 2 heterocycles. The van der Waals surface area contributed by atoms with Crippen molar-refractivity contribution in [1.82, 2.24) is 9.88 Å². The molecule has 0 radical (unpaired) electrons. The maximum absolute atomic E-state index is 12.5. The van der Waals surface area contributed by atoms with Crippen molar-refractivity contribution in [1.29, 1.82) is 0 Å². The van der Waals surface area contributed by atoms with Gasteiger partial charge in [0.05, 0.1) is 6.42 Å². The van der Waals surface area contributed by atoms with Gasteiger partial charge in [-0.25, -0.2) is 0 Å². The summed E-state index contributed by atoms with van der Waals surface area (Å²) in [6.45, 7) is 1.31. The van der Waals surface area contributed by atoms with E-state index < -0.39 is 0 Å². The van der Waals surface area contributed by atoms with Gasteiger partial charge < -0.3 is 10.0 Å². The predicted molar refractivity (Wildman–Crippen MR) is 89.3 cm³/mol. The first-order valence-electron chi connectivity index (χ1n) is 7.70. The summed E-state index contributed by atoms with van der Waals surface area (Å²) in [6, 6.07) is 11.3. The Morgan fingerprint density at radius 2 is 1.87 bits per heavy atom. The van der Waals surface area contributed by atoms with Crippen LogP contribution in [-0.4, -0.2) is 40.6 Å². The van der Waals surface area contributed by atoms with Crippen LogP contribution in [0.15, 0.2) is 48.8 Å². The highest BCUT2D eigenvalue weighted by molar-refractivity contribution is 6.30. The van der Waals surface area contributed by atoms with E-state index in [0.717, 1.165) is 11.1 Å². The van der Waals surface area contributed by atoms with Crippen LogP contribution in [0.25, 0.3) is 0 Å². The number of rotatable bonds is 4. The van der Waals surface area contributed by atoms with Crippen molar-refractivity contribution in [2.45, 2.75) is 12.3 Å². The topological polar surface area (TPSA) is 53.4 Å². The number of amides is 1. The van der Waals surface area contributed by atoms with Gasteiger partial charge in [0.15, 0.2) is 0 Å². The predicted octanol–water partition coefficient (Wildman–Crippen LogP) is 2.51. The van der Waals surface area contributed by atoms with Gasteiger partial charge in [-0.15, -0.1) is 0 Å². The minimum absolute atomic E-state index is 0.0755. The number of benzene rings is 1. The molecule has 120 valence electrons. The third-order valence-corrected chi connectivity index (χ3v) is 4.68. The minimum Gasteiger partial charge on any atom is -0.396 e. The number of hydrogen-bond acceptors (Lipinski definition) is 3. The monoisotopic (exact) mass is 330 g/mol. The summed E-state index contributed by atoms with van der Waals surface area (Å²) in [6.07, 6.45) is 3.86. The summed E-state index contributed by atoms with van der Waals surface area (Å²) < 4.78 is 0. The highest BCUT2D eigenvalue weighted by atomic mass is 35.5. The number of carbonyl (C=O) groups excluding carboxylic acids is 1. The number of pyridine rings is 1. The second kappa shape index (κ2) is 7.11. The van der Waals surface area contributed by atoms with Gasteiger partial charge in [-0.1, -0.05) is 23.7 Å². The summed E-state index contributed by atoms with van der Waals surface area (Å²) >= 11 is 5.87. The normalized spacial score (nSPS) is 20.7. The Bertz CT molecular complexity index is 660. The Morgan fingerprint density at radius 1 is 1.17 bits per heavy atom. The second-order valence-corrected chi connectivity index (χ2v) is 6.37. The SMILES string of the molecule is O=C(Cc1ccc(Cl)cc1)N1C[C@@H](CO)[C@H](c2ccncc2)C1. The van der Waals surface area contributed by atoms with E-state index in [1.165, 1.54) is 0 Å². The number of likely N-dealkylation sites (tertiary alicyclic amines) is 1. The molecule has 0 saturated carbocycles. The van der Waals surface area contributed by atoms with Gasteiger partial charge in [-0.05, 0) is 35.4 Å². The average molecular weight is 331 g/mol. The van der Waals surface area contributed by atoms with Crippen molar-refractivity contribution in [3.63, 3.8) is 0 Å². The first kappa shape index (κ1) is 16.0. The van der Waals surface area contributed by atoms with Crippen LogP contribution < -0.4 is 0 Å². The lowest BCUT2D eigenvalue weighted by molar-refractivity contribution is -0.129. The number of aliphatic hydroxyl groups excluding tert-OH is 1. The van der Waals surface area contributed by atoms with Crippen molar-refractivity contribution >= 4 is 17.5 Å². The molecule has 1 saturated heterocycles. The van der Waals surface area contributed by atoms with E-state index in [0.29, 0.717) is 24.5 Å². The van der Waals surface area contributed by atoms with E-state index in [2.05, 4.69) is 4.98 Å². The molecule has 1 fully saturated rings. The van der Waals surface area contributed by atoms with E-state index in [4.69, 9.17) is 11.6 Å². The van der Waals surface area contributed by atoms with Crippen molar-refractivity contribution in [2.24, 2.45) is 5.92 Å². The quantitative estimate of drug-likeness (QED) is 0.937. The highest BCUT2D eigenvalue weighted by Crippen LogP contribution is 2.32. The van der Waals surface area contributed by atoms with Crippen LogP contribution in [0.2, 0.25) is 5.02 Å². The summed E-state index contributed by atoms with van der Waals surface area (Å²) in [5.74, 6) is 0.325. The van der Waals surface area contributed by atoms with Crippen LogP contribution in [0, 0.1) is 5.92 Å². The summed E-state index contributed by atoms with van der Waals surface area (Å²) in [5, 5.41) is 10.3. The van der Waals surface area contributed by atoms with Crippen LogP contribution in [0.1, 0.15) is 17.0 Å². The molecule has 0 bridgehead atoms. The molecule has 2 atom stereocenters. The Labute approximate surface area is 140 Å². The molecule has 1 N–H and O–H groups in total. The van der Waals surface area contributed by atoms with E-state index in [1.807, 2.05) is 29.2 Å². The molecular formula is C18H19ClN2O2.